The first kappa shape index (κ1) is 18.4. The first-order valence-electron chi connectivity index (χ1n) is 11.4. The van der Waals surface area contributed by atoms with Gasteiger partial charge in [0.2, 0.25) is 0 Å². The van der Waals surface area contributed by atoms with Crippen LogP contribution in [0.2, 0.25) is 0 Å². The molecule has 3 heterocycles. The van der Waals surface area contributed by atoms with Crippen LogP contribution in [0.5, 0.6) is 0 Å². The van der Waals surface area contributed by atoms with Crippen LogP contribution in [-0.4, -0.2) is 41.4 Å². The van der Waals surface area contributed by atoms with Crippen LogP contribution < -0.4 is 0 Å². The fourth-order valence-corrected chi connectivity index (χ4v) is 9.25. The Morgan fingerprint density at radius 2 is 2.04 bits per heavy atom. The number of nitrogens with zero attached hydrogens (tertiary/aromatic N) is 1. The van der Waals surface area contributed by atoms with Crippen molar-refractivity contribution in [3.8, 4) is 0 Å². The molecule has 152 valence electrons. The molecule has 0 aromatic carbocycles. The van der Waals surface area contributed by atoms with E-state index >= 15 is 0 Å². The summed E-state index contributed by atoms with van der Waals surface area (Å²) in [6, 6.07) is 0.434. The highest BCUT2D eigenvalue weighted by atomic mass is 16.5. The van der Waals surface area contributed by atoms with Crippen molar-refractivity contribution in [3.63, 3.8) is 0 Å². The maximum Gasteiger partial charge on any atom is 0.305 e. The number of aliphatic hydroxyl groups is 1. The van der Waals surface area contributed by atoms with E-state index in [1.807, 2.05) is 0 Å². The number of methoxy groups -OCH3 is 1. The minimum atomic E-state index is -0.579. The second-order valence-corrected chi connectivity index (χ2v) is 11.0. The summed E-state index contributed by atoms with van der Waals surface area (Å²) in [5, 5.41) is 11.9. The van der Waals surface area contributed by atoms with Crippen molar-refractivity contribution in [2.24, 2.45) is 40.4 Å². The smallest absolute Gasteiger partial charge is 0.305 e. The maximum atomic E-state index is 12.2. The van der Waals surface area contributed by atoms with Crippen LogP contribution >= 0.6 is 0 Å². The van der Waals surface area contributed by atoms with E-state index in [-0.39, 0.29) is 11.4 Å². The molecule has 8 bridgehead atoms. The third kappa shape index (κ3) is 2.00. The Bertz CT molecular complexity index is 650. The molecule has 1 N–H and O–H groups in total. The monoisotopic (exact) mass is 375 g/mol. The molecular weight excluding hydrogens is 338 g/mol. The molecule has 27 heavy (non-hydrogen) atoms. The van der Waals surface area contributed by atoms with Gasteiger partial charge < -0.3 is 9.84 Å². The standard InChI is InChI=1S/C23H37NO3/c1-14(2)16-7-10-21(3)15-12-18-17-6-5-9-23(18,26)24(13-15)20(16)22(17,21)11-8-19(25)27-4/h14-18,20,26H,5-13H2,1-4H3/t15-,16?,17?,18?,20?,21?,22?,23?/m1/s1. The molecule has 6 aliphatic rings. The van der Waals surface area contributed by atoms with E-state index < -0.39 is 5.72 Å². The molecule has 4 nitrogen and oxygen atoms in total. The van der Waals surface area contributed by atoms with E-state index in [9.17, 15) is 9.90 Å². The largest absolute Gasteiger partial charge is 0.469 e. The Morgan fingerprint density at radius 1 is 1.26 bits per heavy atom. The topological polar surface area (TPSA) is 49.8 Å². The second kappa shape index (κ2) is 5.72. The molecule has 3 aliphatic heterocycles. The number of rotatable bonds is 4. The summed E-state index contributed by atoms with van der Waals surface area (Å²) in [4.78, 5) is 14.8. The highest BCUT2D eigenvalue weighted by Crippen LogP contribution is 2.78. The number of carbonyl (C=O) groups is 1. The first-order valence-corrected chi connectivity index (χ1v) is 11.4. The van der Waals surface area contributed by atoms with Crippen molar-refractivity contribution >= 4 is 5.97 Å². The molecule has 0 radical (unpaired) electrons. The molecule has 0 spiro atoms. The van der Waals surface area contributed by atoms with Gasteiger partial charge in [-0.15, -0.1) is 0 Å². The van der Waals surface area contributed by atoms with Gasteiger partial charge in [-0.1, -0.05) is 20.8 Å². The van der Waals surface area contributed by atoms with Gasteiger partial charge in [-0.3, -0.25) is 9.69 Å². The lowest BCUT2D eigenvalue weighted by atomic mass is 9.31. The Morgan fingerprint density at radius 3 is 2.74 bits per heavy atom. The van der Waals surface area contributed by atoms with Gasteiger partial charge in [0.05, 0.1) is 7.11 Å². The van der Waals surface area contributed by atoms with E-state index in [1.54, 1.807) is 0 Å². The minimum absolute atomic E-state index is 0.0606. The van der Waals surface area contributed by atoms with Crippen molar-refractivity contribution in [2.75, 3.05) is 13.7 Å². The lowest BCUT2D eigenvalue weighted by molar-refractivity contribution is -0.388. The summed E-state index contributed by atoms with van der Waals surface area (Å²) in [6.45, 7) is 8.37. The second-order valence-electron chi connectivity index (χ2n) is 11.0. The molecule has 4 heteroatoms. The first-order chi connectivity index (χ1) is 12.8. The lowest BCUT2D eigenvalue weighted by Crippen LogP contribution is -2.86. The average molecular weight is 376 g/mol. The van der Waals surface area contributed by atoms with Crippen LogP contribution in [0.4, 0.5) is 0 Å². The van der Waals surface area contributed by atoms with Crippen LogP contribution in [0.25, 0.3) is 0 Å². The number of esters is 1. The molecular formula is C23H37NO3. The van der Waals surface area contributed by atoms with Crippen molar-refractivity contribution in [2.45, 2.75) is 83.9 Å². The number of piperidine rings is 3. The summed E-state index contributed by atoms with van der Waals surface area (Å²) in [7, 11) is 1.52. The van der Waals surface area contributed by atoms with Crippen LogP contribution in [0.1, 0.15) is 72.1 Å². The van der Waals surface area contributed by atoms with E-state index in [0.717, 1.165) is 25.8 Å². The molecule has 6 fully saturated rings. The zero-order chi connectivity index (χ0) is 19.2. The van der Waals surface area contributed by atoms with E-state index in [2.05, 4.69) is 25.7 Å². The summed E-state index contributed by atoms with van der Waals surface area (Å²) in [6.07, 6.45) is 8.59. The summed E-state index contributed by atoms with van der Waals surface area (Å²) in [5.74, 6) is 2.86. The molecule has 0 amide bonds. The van der Waals surface area contributed by atoms with Gasteiger partial charge in [-0.25, -0.2) is 0 Å². The van der Waals surface area contributed by atoms with Crippen molar-refractivity contribution in [1.29, 1.82) is 0 Å². The van der Waals surface area contributed by atoms with Crippen molar-refractivity contribution < 1.29 is 14.6 Å². The minimum Gasteiger partial charge on any atom is -0.469 e. The SMILES string of the molecule is COC(=O)CCC12C3CCCC4(O)C3C[C@@H]3CN4C1C(C(C)C)CCC32C. The molecule has 0 aromatic heterocycles. The fourth-order valence-electron chi connectivity index (χ4n) is 9.25. The van der Waals surface area contributed by atoms with Gasteiger partial charge in [-0.05, 0) is 79.4 Å². The third-order valence-corrected chi connectivity index (χ3v) is 10.3. The molecule has 3 aliphatic carbocycles. The average Bonchev–Trinajstić information content (AvgIpc) is 2.62. The zero-order valence-corrected chi connectivity index (χ0v) is 17.5. The van der Waals surface area contributed by atoms with Crippen LogP contribution in [-0.2, 0) is 9.53 Å². The van der Waals surface area contributed by atoms with E-state index in [4.69, 9.17) is 4.74 Å². The third-order valence-electron chi connectivity index (χ3n) is 10.3. The summed E-state index contributed by atoms with van der Waals surface area (Å²) < 4.78 is 5.06. The van der Waals surface area contributed by atoms with Crippen LogP contribution in [0.15, 0.2) is 0 Å². The van der Waals surface area contributed by atoms with Crippen LogP contribution in [0.3, 0.4) is 0 Å². The Hall–Kier alpha value is -0.610. The maximum absolute atomic E-state index is 12.2. The van der Waals surface area contributed by atoms with Crippen LogP contribution in [0, 0.1) is 40.4 Å². The fraction of sp³-hybridized carbons (Fsp3) is 0.957. The molecule has 9 atom stereocenters. The van der Waals surface area contributed by atoms with Gasteiger partial charge in [0.25, 0.3) is 0 Å². The van der Waals surface area contributed by atoms with Crippen molar-refractivity contribution in [1.82, 2.24) is 4.90 Å². The molecule has 0 aromatic rings. The number of carbonyl (C=O) groups excluding carboxylic acids is 1. The lowest BCUT2D eigenvalue weighted by Gasteiger charge is -2.82. The predicted molar refractivity (Wildman–Crippen MR) is 104 cm³/mol. The summed E-state index contributed by atoms with van der Waals surface area (Å²) in [5.41, 5.74) is -0.0923. The highest BCUT2D eigenvalue weighted by Gasteiger charge is 2.78. The predicted octanol–water partition coefficient (Wildman–Crippen LogP) is 3.82. The van der Waals surface area contributed by atoms with Gasteiger partial charge in [0.15, 0.2) is 0 Å². The normalized spacial score (nSPS) is 55.0. The van der Waals surface area contributed by atoms with Gasteiger partial charge in [0, 0.05) is 24.9 Å². The van der Waals surface area contributed by atoms with Gasteiger partial charge >= 0.3 is 5.97 Å². The molecule has 6 rings (SSSR count). The van der Waals surface area contributed by atoms with Crippen molar-refractivity contribution in [3.05, 3.63) is 0 Å². The summed E-state index contributed by atoms with van der Waals surface area (Å²) >= 11 is 0. The Kier molecular flexibility index (Phi) is 3.90. The number of ether oxygens (including phenoxy) is 1. The number of hydrogen-bond acceptors (Lipinski definition) is 4. The molecule has 3 saturated heterocycles. The zero-order valence-electron chi connectivity index (χ0n) is 17.5. The Balaban J connectivity index is 1.67. The molecule has 3 saturated carbocycles. The Labute approximate surface area is 164 Å². The van der Waals surface area contributed by atoms with Gasteiger partial charge in [-0.2, -0.15) is 0 Å². The highest BCUT2D eigenvalue weighted by molar-refractivity contribution is 5.69. The quantitative estimate of drug-likeness (QED) is 0.759. The van der Waals surface area contributed by atoms with Gasteiger partial charge in [0.1, 0.15) is 5.72 Å². The molecule has 8 unspecified atom stereocenters. The number of hydrogen-bond donors (Lipinski definition) is 1. The van der Waals surface area contributed by atoms with E-state index in [1.165, 1.54) is 32.8 Å². The van der Waals surface area contributed by atoms with E-state index in [0.29, 0.717) is 47.5 Å².